The van der Waals surface area contributed by atoms with Crippen LogP contribution in [0.5, 0.6) is 0 Å². The van der Waals surface area contributed by atoms with Gasteiger partial charge in [0.05, 0.1) is 18.8 Å². The molecule has 6 fully saturated rings. The van der Waals surface area contributed by atoms with Crippen LogP contribution in [0.25, 0.3) is 0 Å². The largest absolute Gasteiger partial charge is 0.400 e. The monoisotopic (exact) mass is 696 g/mol. The van der Waals surface area contributed by atoms with Crippen LogP contribution in [0.4, 0.5) is 0 Å². The number of aliphatic hydroxyl groups is 3. The van der Waals surface area contributed by atoms with Crippen molar-refractivity contribution >= 4 is 5.91 Å². The molecule has 0 spiro atoms. The minimum atomic E-state index is -0.110. The van der Waals surface area contributed by atoms with Crippen molar-refractivity contribution in [2.45, 2.75) is 142 Å². The molecule has 7 unspecified atom stereocenters. The molecule has 0 aromatic heterocycles. The highest BCUT2D eigenvalue weighted by molar-refractivity contribution is 5.78. The maximum Gasteiger partial charge on any atom is 0.223 e. The molecule has 0 radical (unpaired) electrons. The Morgan fingerprint density at radius 1 is 1.00 bits per heavy atom. The van der Waals surface area contributed by atoms with E-state index >= 15 is 0 Å². The Bertz CT molecular complexity index is 927. The summed E-state index contributed by atoms with van der Waals surface area (Å²) in [6.45, 7) is 12.8. The lowest BCUT2D eigenvalue weighted by molar-refractivity contribution is -0.172. The van der Waals surface area contributed by atoms with Crippen LogP contribution in [-0.2, 0) is 14.4 Å². The molecule has 1 aliphatic heterocycles. The summed E-state index contributed by atoms with van der Waals surface area (Å²) in [5, 5.41) is 29.8. The summed E-state index contributed by atoms with van der Waals surface area (Å²) < 4.78 is 6.20. The predicted molar refractivity (Wildman–Crippen MR) is 198 cm³/mol. The zero-order valence-electron chi connectivity index (χ0n) is 32.8. The summed E-state index contributed by atoms with van der Waals surface area (Å²) in [6, 6.07) is 0.448. The van der Waals surface area contributed by atoms with Gasteiger partial charge in [0.15, 0.2) is 0 Å². The predicted octanol–water partition coefficient (Wildman–Crippen LogP) is 5.90. The number of ether oxygens (including phenoxy) is 1. The van der Waals surface area contributed by atoms with E-state index in [4.69, 9.17) is 19.8 Å². The van der Waals surface area contributed by atoms with Crippen molar-refractivity contribution in [2.24, 2.45) is 46.3 Å². The fourth-order valence-electron chi connectivity index (χ4n) is 10.9. The molecule has 6 aliphatic rings. The van der Waals surface area contributed by atoms with Crippen LogP contribution in [0.15, 0.2) is 0 Å². The molecule has 6 rings (SSSR count). The van der Waals surface area contributed by atoms with Gasteiger partial charge in [-0.2, -0.15) is 5.06 Å². The SMILES string of the molecule is CC1(C)C[C@]2(C)CCC12.CCO.CO.COC1C(CN2CCCO2)CCCC1C1CC(C(=O)NCCC2CCC(O)CC2)CC(N(C)C)C1. The third-order valence-electron chi connectivity index (χ3n) is 13.3. The summed E-state index contributed by atoms with van der Waals surface area (Å²) in [7, 11) is 7.23. The fourth-order valence-corrected chi connectivity index (χ4v) is 10.9. The second-order valence-corrected chi connectivity index (χ2v) is 17.4. The molecule has 5 saturated carbocycles. The number of carbonyl (C=O) groups is 1. The van der Waals surface area contributed by atoms with E-state index < -0.39 is 0 Å². The lowest BCUT2D eigenvalue weighted by Crippen LogP contribution is -2.58. The van der Waals surface area contributed by atoms with Gasteiger partial charge in [0.1, 0.15) is 0 Å². The summed E-state index contributed by atoms with van der Waals surface area (Å²) in [4.78, 5) is 21.5. The van der Waals surface area contributed by atoms with Gasteiger partial charge in [0.25, 0.3) is 0 Å². The van der Waals surface area contributed by atoms with E-state index in [-0.39, 0.29) is 30.6 Å². The van der Waals surface area contributed by atoms with Crippen LogP contribution in [-0.4, -0.2) is 111 Å². The van der Waals surface area contributed by atoms with Gasteiger partial charge >= 0.3 is 0 Å². The van der Waals surface area contributed by atoms with Crippen molar-refractivity contribution in [1.29, 1.82) is 0 Å². The molecule has 9 heteroatoms. The Morgan fingerprint density at radius 2 is 1.69 bits per heavy atom. The van der Waals surface area contributed by atoms with Crippen LogP contribution in [0.1, 0.15) is 124 Å². The standard InChI is InChI=1S/C28H51N3O4.C9H16.C2H6O.CH4O/c1-30(2)24-17-22(26-7-4-6-21(27(26)34-3)19-31-14-5-15-35-31)16-23(18-24)28(33)29-13-12-20-8-10-25(32)11-9-20;1-8(2)6-9(3)5-4-7(8)9;1-2-3;1-2/h20-27,32H,4-19H2,1-3H3,(H,29,33);7H,4-6H2,1-3H3;3H,2H2,1H3;2H,1H3/t;7?,9-;;/m.0../s1. The van der Waals surface area contributed by atoms with E-state index in [1.54, 1.807) is 6.92 Å². The van der Waals surface area contributed by atoms with Gasteiger partial charge in [-0.15, -0.1) is 0 Å². The van der Waals surface area contributed by atoms with Crippen molar-refractivity contribution in [1.82, 2.24) is 15.3 Å². The van der Waals surface area contributed by atoms with Crippen LogP contribution in [0.3, 0.4) is 0 Å². The maximum absolute atomic E-state index is 13.3. The van der Waals surface area contributed by atoms with E-state index in [0.29, 0.717) is 35.1 Å². The zero-order chi connectivity index (χ0) is 36.2. The maximum atomic E-state index is 13.3. The molecule has 0 bridgehead atoms. The average molecular weight is 696 g/mol. The number of methoxy groups -OCH3 is 1. The van der Waals surface area contributed by atoms with E-state index in [2.05, 4.69) is 50.1 Å². The normalized spacial score (nSPS) is 38.2. The van der Waals surface area contributed by atoms with Crippen molar-refractivity contribution in [3.05, 3.63) is 0 Å². The molecular formula is C40H77N3O6. The molecule has 1 saturated heterocycles. The van der Waals surface area contributed by atoms with Gasteiger partial charge in [-0.05, 0) is 145 Å². The highest BCUT2D eigenvalue weighted by atomic mass is 16.7. The summed E-state index contributed by atoms with van der Waals surface area (Å²) >= 11 is 0. The summed E-state index contributed by atoms with van der Waals surface area (Å²) in [5.41, 5.74) is 1.50. The third kappa shape index (κ3) is 11.8. The first-order chi connectivity index (χ1) is 23.4. The number of aliphatic hydroxyl groups excluding tert-OH is 3. The Morgan fingerprint density at radius 3 is 2.18 bits per heavy atom. The number of fused-ring (bicyclic) bond motifs is 1. The molecule has 49 heavy (non-hydrogen) atoms. The second-order valence-electron chi connectivity index (χ2n) is 17.4. The van der Waals surface area contributed by atoms with Crippen LogP contribution in [0.2, 0.25) is 0 Å². The Labute approximate surface area is 300 Å². The lowest BCUT2D eigenvalue weighted by atomic mass is 9.38. The molecule has 1 amide bonds. The number of hydroxylamine groups is 2. The minimum absolute atomic E-state index is 0.0918. The number of amides is 1. The molecule has 288 valence electrons. The first-order valence-electron chi connectivity index (χ1n) is 20.0. The summed E-state index contributed by atoms with van der Waals surface area (Å²) in [5.74, 6) is 3.63. The van der Waals surface area contributed by atoms with E-state index in [1.807, 2.05) is 7.11 Å². The van der Waals surface area contributed by atoms with Gasteiger partial charge in [-0.25, -0.2) is 0 Å². The summed E-state index contributed by atoms with van der Waals surface area (Å²) in [6.07, 6.45) is 17.6. The quantitative estimate of drug-likeness (QED) is 0.236. The molecule has 0 aromatic carbocycles. The van der Waals surface area contributed by atoms with Crippen molar-refractivity contribution < 1.29 is 29.7 Å². The van der Waals surface area contributed by atoms with Crippen LogP contribution in [0, 0.1) is 46.3 Å². The number of hydrogen-bond acceptors (Lipinski definition) is 8. The molecule has 5 aliphatic carbocycles. The number of carbonyl (C=O) groups excluding carboxylic acids is 1. The van der Waals surface area contributed by atoms with E-state index in [9.17, 15) is 9.90 Å². The molecular weight excluding hydrogens is 618 g/mol. The van der Waals surface area contributed by atoms with Crippen molar-refractivity contribution in [3.8, 4) is 0 Å². The van der Waals surface area contributed by atoms with Gasteiger partial charge in [0.2, 0.25) is 5.91 Å². The topological polar surface area (TPSA) is 115 Å². The highest BCUT2D eigenvalue weighted by Gasteiger charge is 2.60. The molecule has 8 atom stereocenters. The van der Waals surface area contributed by atoms with Crippen molar-refractivity contribution in [2.75, 3.05) is 61.2 Å². The van der Waals surface area contributed by atoms with Gasteiger partial charge in [-0.3, -0.25) is 9.63 Å². The lowest BCUT2D eigenvalue weighted by Gasteiger charge is -2.67. The average Bonchev–Trinajstić information content (AvgIpc) is 3.59. The zero-order valence-corrected chi connectivity index (χ0v) is 32.8. The molecule has 1 heterocycles. The first kappa shape index (κ1) is 42.6. The highest BCUT2D eigenvalue weighted by Crippen LogP contribution is 2.69. The second kappa shape index (κ2) is 20.4. The van der Waals surface area contributed by atoms with E-state index in [0.717, 1.165) is 96.1 Å². The number of nitrogens with zero attached hydrogens (tertiary/aromatic N) is 2. The smallest absolute Gasteiger partial charge is 0.223 e. The number of nitrogens with one attached hydrogen (secondary N) is 1. The third-order valence-corrected chi connectivity index (χ3v) is 13.3. The van der Waals surface area contributed by atoms with Gasteiger partial charge in [-0.1, -0.05) is 27.2 Å². The van der Waals surface area contributed by atoms with Gasteiger partial charge in [0, 0.05) is 58.3 Å². The van der Waals surface area contributed by atoms with Crippen LogP contribution >= 0.6 is 0 Å². The number of rotatable bonds is 9. The Hall–Kier alpha value is -0.810. The Balaban J connectivity index is 0.000000386. The minimum Gasteiger partial charge on any atom is -0.400 e. The van der Waals surface area contributed by atoms with Crippen molar-refractivity contribution in [3.63, 3.8) is 0 Å². The Kier molecular flexibility index (Phi) is 17.8. The molecule has 4 N–H and O–H groups in total. The van der Waals surface area contributed by atoms with E-state index in [1.165, 1.54) is 44.9 Å². The number of hydrogen-bond donors (Lipinski definition) is 4. The molecule has 0 aromatic rings. The fraction of sp³-hybridized carbons (Fsp3) is 0.975. The van der Waals surface area contributed by atoms with Crippen LogP contribution < -0.4 is 5.32 Å². The molecule has 9 nitrogen and oxygen atoms in total. The van der Waals surface area contributed by atoms with Gasteiger partial charge < -0.3 is 30.3 Å². The first-order valence-corrected chi connectivity index (χ1v) is 20.0.